The highest BCUT2D eigenvalue weighted by atomic mass is 35.5. The van der Waals surface area contributed by atoms with Gasteiger partial charge in [0, 0.05) is 5.02 Å². The molecular formula is C13H12ClF6O5P. The number of hydrogen-bond acceptors (Lipinski definition) is 5. The zero-order valence-electron chi connectivity index (χ0n) is 12.8. The topological polar surface area (TPSA) is 61.8 Å². The van der Waals surface area contributed by atoms with Crippen LogP contribution in [0.25, 0.3) is 0 Å². The third-order valence-electron chi connectivity index (χ3n) is 2.42. The highest BCUT2D eigenvalue weighted by molar-refractivity contribution is 7.54. The van der Waals surface area contributed by atoms with Crippen molar-refractivity contribution >= 4 is 25.0 Å². The first kappa shape index (κ1) is 22.8. The van der Waals surface area contributed by atoms with Crippen LogP contribution in [0.3, 0.4) is 0 Å². The number of alkyl halides is 6. The first-order valence-corrected chi connectivity index (χ1v) is 8.80. The van der Waals surface area contributed by atoms with Crippen LogP contribution in [0.5, 0.6) is 5.75 Å². The fourth-order valence-electron chi connectivity index (χ4n) is 1.45. The van der Waals surface area contributed by atoms with Gasteiger partial charge in [0.25, 0.3) is 0 Å². The molecule has 0 bridgehead atoms. The van der Waals surface area contributed by atoms with Gasteiger partial charge in [0.1, 0.15) is 18.5 Å². The van der Waals surface area contributed by atoms with E-state index < -0.39 is 51.7 Å². The molecule has 26 heavy (non-hydrogen) atoms. The fourth-order valence-corrected chi connectivity index (χ4v) is 3.10. The highest BCUT2D eigenvalue weighted by Gasteiger charge is 2.39. The van der Waals surface area contributed by atoms with Gasteiger partial charge in [-0.2, -0.15) is 26.3 Å². The van der Waals surface area contributed by atoms with Crippen molar-refractivity contribution in [2.24, 2.45) is 0 Å². The van der Waals surface area contributed by atoms with Crippen molar-refractivity contribution in [2.45, 2.75) is 12.4 Å². The van der Waals surface area contributed by atoms with Gasteiger partial charge >= 0.3 is 19.9 Å². The first-order chi connectivity index (χ1) is 11.8. The predicted molar refractivity (Wildman–Crippen MR) is 78.4 cm³/mol. The minimum Gasteiger partial charge on any atom is -0.486 e. The number of carbonyl (C=O) groups is 1. The quantitative estimate of drug-likeness (QED) is 0.424. The van der Waals surface area contributed by atoms with Gasteiger partial charge in [0.15, 0.2) is 19.0 Å². The molecule has 0 spiro atoms. The van der Waals surface area contributed by atoms with Gasteiger partial charge in [-0.1, -0.05) is 17.7 Å². The molecule has 0 aliphatic heterocycles. The predicted octanol–water partition coefficient (Wildman–Crippen LogP) is 4.64. The zero-order chi connectivity index (χ0) is 20.0. The number of hydrogen-bond donors (Lipinski definition) is 0. The molecule has 148 valence electrons. The third-order valence-corrected chi connectivity index (χ3v) is 4.44. The Bertz CT molecular complexity index is 641. The summed E-state index contributed by atoms with van der Waals surface area (Å²) in [6.45, 7) is -5.05. The van der Waals surface area contributed by atoms with Gasteiger partial charge in [-0.15, -0.1) is 0 Å². The molecule has 0 amide bonds. The van der Waals surface area contributed by atoms with E-state index in [1.807, 2.05) is 0 Å². The minimum atomic E-state index is -4.99. The molecular weight excluding hydrogens is 417 g/mol. The second kappa shape index (κ2) is 9.07. The van der Waals surface area contributed by atoms with Crippen LogP contribution in [-0.4, -0.2) is 44.1 Å². The van der Waals surface area contributed by atoms with Crippen molar-refractivity contribution in [1.29, 1.82) is 0 Å². The number of halogens is 7. The lowest BCUT2D eigenvalue weighted by molar-refractivity contribution is -0.165. The molecule has 0 aromatic heterocycles. The van der Waals surface area contributed by atoms with Gasteiger partial charge in [-0.05, 0) is 18.2 Å². The van der Waals surface area contributed by atoms with Crippen molar-refractivity contribution in [3.63, 3.8) is 0 Å². The molecule has 0 aliphatic carbocycles. The summed E-state index contributed by atoms with van der Waals surface area (Å²) in [5, 5.41) is 0.266. The summed E-state index contributed by atoms with van der Waals surface area (Å²) in [6.07, 6.45) is -11.3. The number of rotatable bonds is 9. The van der Waals surface area contributed by atoms with E-state index in [4.69, 9.17) is 16.3 Å². The van der Waals surface area contributed by atoms with E-state index in [2.05, 4.69) is 9.05 Å². The zero-order valence-corrected chi connectivity index (χ0v) is 14.4. The van der Waals surface area contributed by atoms with Gasteiger partial charge < -0.3 is 4.74 Å². The van der Waals surface area contributed by atoms with Crippen LogP contribution in [0.1, 0.15) is 0 Å². The number of ether oxygens (including phenoxy) is 1. The lowest BCUT2D eigenvalue weighted by Crippen LogP contribution is -2.24. The van der Waals surface area contributed by atoms with E-state index in [9.17, 15) is 35.7 Å². The van der Waals surface area contributed by atoms with Crippen LogP contribution in [-0.2, 0) is 18.4 Å². The van der Waals surface area contributed by atoms with Crippen LogP contribution in [0.2, 0.25) is 5.02 Å². The van der Waals surface area contributed by atoms with E-state index in [-0.39, 0.29) is 10.8 Å². The SMILES string of the molecule is O=C(COc1cccc(Cl)c1)CP(=O)(OCC(F)(F)F)OCC(F)(F)F. The maximum atomic E-state index is 12.2. The Kier molecular flexibility index (Phi) is 7.94. The van der Waals surface area contributed by atoms with Crippen LogP contribution in [0.15, 0.2) is 24.3 Å². The number of ketones is 1. The number of Topliss-reactive ketones (excluding diaryl/α,β-unsaturated/α-hetero) is 1. The van der Waals surface area contributed by atoms with Gasteiger partial charge in [0.2, 0.25) is 0 Å². The van der Waals surface area contributed by atoms with E-state index in [1.165, 1.54) is 24.3 Å². The molecule has 0 aliphatic rings. The summed E-state index contributed by atoms with van der Waals surface area (Å²) in [4.78, 5) is 11.7. The number of carbonyl (C=O) groups excluding carboxylic acids is 1. The molecule has 0 saturated heterocycles. The van der Waals surface area contributed by atoms with Crippen molar-refractivity contribution < 1.29 is 49.5 Å². The summed E-state index contributed by atoms with van der Waals surface area (Å²) < 4.78 is 97.9. The molecule has 1 rings (SSSR count). The third kappa shape index (κ3) is 10.0. The first-order valence-electron chi connectivity index (χ1n) is 6.70. The molecule has 0 fully saturated rings. The molecule has 5 nitrogen and oxygen atoms in total. The van der Waals surface area contributed by atoms with Crippen LogP contribution in [0.4, 0.5) is 26.3 Å². The van der Waals surface area contributed by atoms with Gasteiger partial charge in [-0.25, -0.2) is 0 Å². The summed E-state index contributed by atoms with van der Waals surface area (Å²) >= 11 is 5.67. The van der Waals surface area contributed by atoms with Crippen molar-refractivity contribution in [2.75, 3.05) is 26.0 Å². The highest BCUT2D eigenvalue weighted by Crippen LogP contribution is 2.50. The molecule has 0 saturated carbocycles. The standard InChI is InChI=1S/C13H12ClF6O5P/c14-9-2-1-3-11(4-9)23-5-10(21)6-26(22,24-7-12(15,16)17)25-8-13(18,19)20/h1-4H,5-8H2. The Morgan fingerprint density at radius 3 is 2.04 bits per heavy atom. The maximum Gasteiger partial charge on any atom is 0.412 e. The Hall–Kier alpha value is -1.29. The molecule has 0 heterocycles. The molecule has 0 N–H and O–H groups in total. The van der Waals surface area contributed by atoms with Crippen LogP contribution in [0, 0.1) is 0 Å². The average molecular weight is 429 g/mol. The van der Waals surface area contributed by atoms with Crippen molar-refractivity contribution in [3.05, 3.63) is 29.3 Å². The molecule has 0 atom stereocenters. The Labute approximate surface area is 148 Å². The smallest absolute Gasteiger partial charge is 0.412 e. The van der Waals surface area contributed by atoms with E-state index in [0.29, 0.717) is 0 Å². The Morgan fingerprint density at radius 2 is 1.58 bits per heavy atom. The molecule has 1 aromatic carbocycles. The normalized spacial score (nSPS) is 12.9. The monoisotopic (exact) mass is 428 g/mol. The summed E-state index contributed by atoms with van der Waals surface area (Å²) in [7, 11) is -4.99. The number of benzene rings is 1. The summed E-state index contributed by atoms with van der Waals surface area (Å²) in [6, 6.07) is 5.69. The lowest BCUT2D eigenvalue weighted by Gasteiger charge is -2.19. The minimum absolute atomic E-state index is 0.119. The second-order valence-corrected chi connectivity index (χ2v) is 7.32. The van der Waals surface area contributed by atoms with Crippen LogP contribution < -0.4 is 4.74 Å². The van der Waals surface area contributed by atoms with Gasteiger partial charge in [0.05, 0.1) is 0 Å². The Morgan fingerprint density at radius 1 is 1.04 bits per heavy atom. The molecule has 0 unspecified atom stereocenters. The van der Waals surface area contributed by atoms with E-state index in [1.54, 1.807) is 0 Å². The van der Waals surface area contributed by atoms with Gasteiger partial charge in [-0.3, -0.25) is 18.4 Å². The Balaban J connectivity index is 2.70. The van der Waals surface area contributed by atoms with Crippen molar-refractivity contribution in [3.8, 4) is 5.75 Å². The van der Waals surface area contributed by atoms with Crippen molar-refractivity contribution in [1.82, 2.24) is 0 Å². The fraction of sp³-hybridized carbons (Fsp3) is 0.462. The summed E-state index contributed by atoms with van der Waals surface area (Å²) in [5.41, 5.74) is 0. The lowest BCUT2D eigenvalue weighted by atomic mass is 10.3. The average Bonchev–Trinajstić information content (AvgIpc) is 2.48. The maximum absolute atomic E-state index is 12.2. The largest absolute Gasteiger partial charge is 0.486 e. The second-order valence-electron chi connectivity index (χ2n) is 4.83. The molecule has 13 heteroatoms. The van der Waals surface area contributed by atoms with Crippen LogP contribution >= 0.6 is 19.2 Å². The molecule has 1 aromatic rings. The summed E-state index contributed by atoms with van der Waals surface area (Å²) in [5.74, 6) is -0.967. The van der Waals surface area contributed by atoms with E-state index in [0.717, 1.165) is 0 Å². The van der Waals surface area contributed by atoms with E-state index >= 15 is 0 Å². The molecule has 0 radical (unpaired) electrons.